The van der Waals surface area contributed by atoms with Gasteiger partial charge in [-0.05, 0) is 18.2 Å². The Balaban J connectivity index is 2.29. The lowest BCUT2D eigenvalue weighted by Crippen LogP contribution is -2.12. The summed E-state index contributed by atoms with van der Waals surface area (Å²) in [6.45, 7) is 0. The first kappa shape index (κ1) is 10.5. The molecular formula is C12H9FN4O. The number of rotatable bonds is 2. The summed E-state index contributed by atoms with van der Waals surface area (Å²) in [7, 11) is 0. The second kappa shape index (κ2) is 3.69. The number of aromatic amines is 2. The molecule has 2 aromatic heterocycles. The number of hydrogen-bond donors (Lipinski definition) is 3. The number of nitrogens with two attached hydrogens (primary N) is 1. The third-order valence-electron chi connectivity index (χ3n) is 2.79. The van der Waals surface area contributed by atoms with E-state index < -0.39 is 11.7 Å². The monoisotopic (exact) mass is 244 g/mol. The third kappa shape index (κ3) is 1.46. The molecule has 0 radical (unpaired) electrons. The minimum absolute atomic E-state index is 0.115. The van der Waals surface area contributed by atoms with E-state index in [-0.39, 0.29) is 5.56 Å². The van der Waals surface area contributed by atoms with Crippen molar-refractivity contribution in [3.8, 4) is 11.3 Å². The van der Waals surface area contributed by atoms with Gasteiger partial charge in [0.15, 0.2) is 0 Å². The van der Waals surface area contributed by atoms with Gasteiger partial charge < -0.3 is 10.7 Å². The molecule has 1 aromatic carbocycles. The number of nitrogens with zero attached hydrogens (tertiary/aromatic N) is 1. The molecule has 0 aliphatic carbocycles. The predicted octanol–water partition coefficient (Wildman–Crippen LogP) is 1.80. The third-order valence-corrected chi connectivity index (χ3v) is 2.79. The van der Waals surface area contributed by atoms with Gasteiger partial charge in [-0.3, -0.25) is 9.89 Å². The number of fused-ring (bicyclic) bond motifs is 1. The van der Waals surface area contributed by atoms with E-state index in [0.717, 1.165) is 17.0 Å². The lowest BCUT2D eigenvalue weighted by molar-refractivity contribution is 0.100. The molecule has 0 bridgehead atoms. The normalized spacial score (nSPS) is 10.9. The van der Waals surface area contributed by atoms with Crippen molar-refractivity contribution in [2.45, 2.75) is 0 Å². The van der Waals surface area contributed by atoms with Crippen LogP contribution in [0.3, 0.4) is 0 Å². The molecule has 0 spiro atoms. The molecule has 6 heteroatoms. The standard InChI is InChI=1S/C12H9FN4O/c13-6-1-2-7(8(3-6)12(14)18)11-9-4-15-5-10(9)16-17-11/h1-5,15-16H,(H2,14,18). The summed E-state index contributed by atoms with van der Waals surface area (Å²) in [5.41, 5.74) is 7.26. The van der Waals surface area contributed by atoms with Crippen LogP contribution in [-0.2, 0) is 0 Å². The zero-order chi connectivity index (χ0) is 12.7. The number of aromatic nitrogens is 3. The highest BCUT2D eigenvalue weighted by molar-refractivity contribution is 6.03. The predicted molar refractivity (Wildman–Crippen MR) is 64.4 cm³/mol. The van der Waals surface area contributed by atoms with Crippen LogP contribution in [0.5, 0.6) is 0 Å². The molecule has 0 aliphatic heterocycles. The number of benzene rings is 1. The molecule has 18 heavy (non-hydrogen) atoms. The lowest BCUT2D eigenvalue weighted by atomic mass is 10.0. The summed E-state index contributed by atoms with van der Waals surface area (Å²) < 4.78 is 13.2. The maximum atomic E-state index is 13.2. The SMILES string of the molecule is NC(=O)c1cc(F)ccc1-c1n[nH]c2c[nH]cc12. The highest BCUT2D eigenvalue weighted by Gasteiger charge is 2.16. The number of amides is 1. The number of hydrogen-bond acceptors (Lipinski definition) is 2. The molecule has 3 aromatic rings. The van der Waals surface area contributed by atoms with Crippen LogP contribution in [0.15, 0.2) is 30.6 Å². The minimum Gasteiger partial charge on any atom is -0.366 e. The van der Waals surface area contributed by atoms with Crippen molar-refractivity contribution in [2.24, 2.45) is 5.73 Å². The van der Waals surface area contributed by atoms with Gasteiger partial charge in [-0.15, -0.1) is 0 Å². The van der Waals surface area contributed by atoms with Crippen LogP contribution in [0.4, 0.5) is 4.39 Å². The fourth-order valence-electron chi connectivity index (χ4n) is 1.96. The lowest BCUT2D eigenvalue weighted by Gasteiger charge is -2.04. The highest BCUT2D eigenvalue weighted by Crippen LogP contribution is 2.29. The average Bonchev–Trinajstić information content (AvgIpc) is 2.91. The smallest absolute Gasteiger partial charge is 0.249 e. The highest BCUT2D eigenvalue weighted by atomic mass is 19.1. The average molecular weight is 244 g/mol. The Kier molecular flexibility index (Phi) is 2.16. The minimum atomic E-state index is -0.684. The van der Waals surface area contributed by atoms with Gasteiger partial charge in [0.2, 0.25) is 5.91 Å². The van der Waals surface area contributed by atoms with Crippen LogP contribution in [0.2, 0.25) is 0 Å². The summed E-state index contributed by atoms with van der Waals surface area (Å²) >= 11 is 0. The fraction of sp³-hybridized carbons (Fsp3) is 0. The van der Waals surface area contributed by atoms with Crippen LogP contribution in [0.25, 0.3) is 22.2 Å². The molecular weight excluding hydrogens is 235 g/mol. The van der Waals surface area contributed by atoms with Gasteiger partial charge in [-0.25, -0.2) is 4.39 Å². The van der Waals surface area contributed by atoms with Crippen molar-refractivity contribution >= 4 is 16.8 Å². The first-order valence-electron chi connectivity index (χ1n) is 5.27. The Morgan fingerprint density at radius 2 is 2.17 bits per heavy atom. The Labute approximate surface area is 101 Å². The number of carbonyl (C=O) groups is 1. The van der Waals surface area contributed by atoms with Crippen molar-refractivity contribution in [2.75, 3.05) is 0 Å². The molecule has 1 amide bonds. The van der Waals surface area contributed by atoms with E-state index in [1.54, 1.807) is 12.4 Å². The van der Waals surface area contributed by atoms with E-state index in [4.69, 9.17) is 5.73 Å². The maximum absolute atomic E-state index is 13.2. The van der Waals surface area contributed by atoms with Crippen LogP contribution in [-0.4, -0.2) is 21.1 Å². The Bertz CT molecular complexity index is 743. The molecule has 0 atom stereocenters. The van der Waals surface area contributed by atoms with E-state index in [1.165, 1.54) is 12.1 Å². The molecule has 0 aliphatic rings. The molecule has 0 unspecified atom stereocenters. The Hall–Kier alpha value is -2.63. The first-order chi connectivity index (χ1) is 8.66. The molecule has 0 saturated heterocycles. The number of carbonyl (C=O) groups excluding carboxylic acids is 1. The van der Waals surface area contributed by atoms with Crippen molar-refractivity contribution in [1.82, 2.24) is 15.2 Å². The van der Waals surface area contributed by atoms with Crippen LogP contribution >= 0.6 is 0 Å². The number of nitrogens with one attached hydrogen (secondary N) is 2. The summed E-state index contributed by atoms with van der Waals surface area (Å²) in [6, 6.07) is 3.89. The van der Waals surface area contributed by atoms with E-state index in [0.29, 0.717) is 11.3 Å². The van der Waals surface area contributed by atoms with Gasteiger partial charge in [0.05, 0.1) is 11.1 Å². The topological polar surface area (TPSA) is 87.6 Å². The van der Waals surface area contributed by atoms with E-state index in [2.05, 4.69) is 15.2 Å². The van der Waals surface area contributed by atoms with Crippen molar-refractivity contribution < 1.29 is 9.18 Å². The summed E-state index contributed by atoms with van der Waals surface area (Å²) in [5, 5.41) is 7.77. The summed E-state index contributed by atoms with van der Waals surface area (Å²) in [4.78, 5) is 14.3. The van der Waals surface area contributed by atoms with Crippen molar-refractivity contribution in [3.05, 3.63) is 42.0 Å². The quantitative estimate of drug-likeness (QED) is 0.641. The molecule has 3 rings (SSSR count). The van der Waals surface area contributed by atoms with Crippen molar-refractivity contribution in [1.29, 1.82) is 0 Å². The Morgan fingerprint density at radius 1 is 1.33 bits per heavy atom. The van der Waals surface area contributed by atoms with Gasteiger partial charge in [-0.1, -0.05) is 0 Å². The maximum Gasteiger partial charge on any atom is 0.249 e. The second-order valence-electron chi connectivity index (χ2n) is 3.91. The first-order valence-corrected chi connectivity index (χ1v) is 5.27. The van der Waals surface area contributed by atoms with Gasteiger partial charge >= 0.3 is 0 Å². The molecule has 5 nitrogen and oxygen atoms in total. The van der Waals surface area contributed by atoms with Gasteiger partial charge in [0.25, 0.3) is 0 Å². The summed E-state index contributed by atoms with van der Waals surface area (Å²) in [6.07, 6.45) is 3.50. The zero-order valence-corrected chi connectivity index (χ0v) is 9.20. The number of H-pyrrole nitrogens is 2. The van der Waals surface area contributed by atoms with Crippen LogP contribution in [0, 0.1) is 5.82 Å². The van der Waals surface area contributed by atoms with E-state index in [9.17, 15) is 9.18 Å². The van der Waals surface area contributed by atoms with E-state index >= 15 is 0 Å². The molecule has 2 heterocycles. The second-order valence-corrected chi connectivity index (χ2v) is 3.91. The largest absolute Gasteiger partial charge is 0.366 e. The van der Waals surface area contributed by atoms with Crippen molar-refractivity contribution in [3.63, 3.8) is 0 Å². The zero-order valence-electron chi connectivity index (χ0n) is 9.20. The van der Waals surface area contributed by atoms with Gasteiger partial charge in [0.1, 0.15) is 11.5 Å². The number of halogens is 1. The molecule has 0 fully saturated rings. The van der Waals surface area contributed by atoms with Crippen LogP contribution in [0.1, 0.15) is 10.4 Å². The number of primary amides is 1. The summed E-state index contributed by atoms with van der Waals surface area (Å²) in [5.74, 6) is -1.19. The molecule has 0 saturated carbocycles. The molecule has 4 N–H and O–H groups in total. The van der Waals surface area contributed by atoms with Gasteiger partial charge in [0, 0.05) is 23.3 Å². The van der Waals surface area contributed by atoms with Gasteiger partial charge in [-0.2, -0.15) is 5.10 Å². The Morgan fingerprint density at radius 3 is 2.94 bits per heavy atom. The fourth-order valence-corrected chi connectivity index (χ4v) is 1.96. The molecule has 90 valence electrons. The van der Waals surface area contributed by atoms with E-state index in [1.807, 2.05) is 0 Å². The van der Waals surface area contributed by atoms with Crippen LogP contribution < -0.4 is 5.73 Å².